The van der Waals surface area contributed by atoms with Gasteiger partial charge >= 0.3 is 0 Å². The second kappa shape index (κ2) is 7.30. The van der Waals surface area contributed by atoms with Gasteiger partial charge in [0.1, 0.15) is 6.04 Å². The van der Waals surface area contributed by atoms with E-state index in [9.17, 15) is 9.59 Å². The molecule has 0 saturated carbocycles. The number of carbonyl (C=O) groups excluding carboxylic acids is 2. The Morgan fingerprint density at radius 2 is 1.71 bits per heavy atom. The molecule has 0 aromatic heterocycles. The van der Waals surface area contributed by atoms with Crippen molar-refractivity contribution in [1.82, 2.24) is 4.90 Å². The van der Waals surface area contributed by atoms with Crippen LogP contribution in [0.4, 0.5) is 0 Å². The standard InChI is InChI=1S/C13H26N2O2/c1-6-15(11(16)8-7-9(2)3)12(10(4)5)13(14)17/h9-10,12H,6-8H2,1-5H3,(H2,14,17)/t12-/m0/s1. The van der Waals surface area contributed by atoms with Crippen LogP contribution in [0.3, 0.4) is 0 Å². The quantitative estimate of drug-likeness (QED) is 0.739. The first-order valence-electron chi connectivity index (χ1n) is 6.40. The summed E-state index contributed by atoms with van der Waals surface area (Å²) in [6.07, 6.45) is 1.33. The van der Waals surface area contributed by atoms with Crippen molar-refractivity contribution < 1.29 is 9.59 Å². The summed E-state index contributed by atoms with van der Waals surface area (Å²) in [7, 11) is 0. The Hall–Kier alpha value is -1.06. The van der Waals surface area contributed by atoms with Crippen LogP contribution in [0.2, 0.25) is 0 Å². The highest BCUT2D eigenvalue weighted by atomic mass is 16.2. The van der Waals surface area contributed by atoms with E-state index < -0.39 is 11.9 Å². The molecule has 0 heterocycles. The average Bonchev–Trinajstić information content (AvgIpc) is 2.20. The number of likely N-dealkylation sites (N-methyl/N-ethyl adjacent to an activating group) is 1. The molecule has 2 N–H and O–H groups in total. The largest absolute Gasteiger partial charge is 0.368 e. The van der Waals surface area contributed by atoms with Crippen molar-refractivity contribution in [1.29, 1.82) is 0 Å². The number of nitrogens with two attached hydrogens (primary N) is 1. The van der Waals surface area contributed by atoms with Gasteiger partial charge in [0.05, 0.1) is 0 Å². The molecule has 0 aliphatic heterocycles. The zero-order chi connectivity index (χ0) is 13.6. The highest BCUT2D eigenvalue weighted by molar-refractivity contribution is 5.86. The molecule has 0 spiro atoms. The van der Waals surface area contributed by atoms with E-state index in [-0.39, 0.29) is 11.8 Å². The minimum absolute atomic E-state index is 0.0266. The lowest BCUT2D eigenvalue weighted by Crippen LogP contribution is -2.50. The van der Waals surface area contributed by atoms with Crippen LogP contribution < -0.4 is 5.73 Å². The highest BCUT2D eigenvalue weighted by Crippen LogP contribution is 2.14. The lowest BCUT2D eigenvalue weighted by Gasteiger charge is -2.31. The van der Waals surface area contributed by atoms with E-state index in [1.54, 1.807) is 4.90 Å². The van der Waals surface area contributed by atoms with Gasteiger partial charge < -0.3 is 10.6 Å². The molecular weight excluding hydrogens is 216 g/mol. The topological polar surface area (TPSA) is 63.4 Å². The molecule has 100 valence electrons. The smallest absolute Gasteiger partial charge is 0.240 e. The first-order valence-corrected chi connectivity index (χ1v) is 6.40. The van der Waals surface area contributed by atoms with E-state index in [0.717, 1.165) is 6.42 Å². The van der Waals surface area contributed by atoms with E-state index in [0.29, 0.717) is 18.9 Å². The molecule has 4 nitrogen and oxygen atoms in total. The lowest BCUT2D eigenvalue weighted by atomic mass is 10.0. The maximum Gasteiger partial charge on any atom is 0.240 e. The van der Waals surface area contributed by atoms with Crippen LogP contribution in [0.15, 0.2) is 0 Å². The second-order valence-corrected chi connectivity index (χ2v) is 5.20. The van der Waals surface area contributed by atoms with Crippen molar-refractivity contribution in [2.24, 2.45) is 17.6 Å². The maximum absolute atomic E-state index is 12.0. The van der Waals surface area contributed by atoms with E-state index in [1.807, 2.05) is 20.8 Å². The van der Waals surface area contributed by atoms with Crippen LogP contribution in [0.5, 0.6) is 0 Å². The van der Waals surface area contributed by atoms with Gasteiger partial charge in [-0.1, -0.05) is 27.7 Å². The molecule has 4 heteroatoms. The maximum atomic E-state index is 12.0. The summed E-state index contributed by atoms with van der Waals surface area (Å²) in [6.45, 7) is 10.4. The second-order valence-electron chi connectivity index (χ2n) is 5.20. The summed E-state index contributed by atoms with van der Waals surface area (Å²) in [5, 5.41) is 0. The molecule has 1 atom stereocenters. The van der Waals surface area contributed by atoms with Gasteiger partial charge in [0.15, 0.2) is 0 Å². The van der Waals surface area contributed by atoms with E-state index in [4.69, 9.17) is 5.73 Å². The van der Waals surface area contributed by atoms with Gasteiger partial charge in [0.25, 0.3) is 0 Å². The molecule has 2 amide bonds. The normalized spacial score (nSPS) is 12.9. The Labute approximate surface area is 105 Å². The third-order valence-corrected chi connectivity index (χ3v) is 2.86. The Balaban J connectivity index is 4.67. The van der Waals surface area contributed by atoms with E-state index >= 15 is 0 Å². The number of amides is 2. The van der Waals surface area contributed by atoms with Crippen LogP contribution in [-0.4, -0.2) is 29.3 Å². The van der Waals surface area contributed by atoms with Gasteiger partial charge in [0, 0.05) is 13.0 Å². The van der Waals surface area contributed by atoms with E-state index in [2.05, 4.69) is 13.8 Å². The fourth-order valence-electron chi connectivity index (χ4n) is 1.93. The molecule has 0 rings (SSSR count). The van der Waals surface area contributed by atoms with Gasteiger partial charge in [-0.05, 0) is 25.2 Å². The van der Waals surface area contributed by atoms with Crippen molar-refractivity contribution in [2.45, 2.75) is 53.5 Å². The molecule has 0 saturated heterocycles. The van der Waals surface area contributed by atoms with Gasteiger partial charge in [0.2, 0.25) is 11.8 Å². The van der Waals surface area contributed by atoms with Crippen molar-refractivity contribution in [3.05, 3.63) is 0 Å². The highest BCUT2D eigenvalue weighted by Gasteiger charge is 2.29. The van der Waals surface area contributed by atoms with Crippen molar-refractivity contribution in [3.63, 3.8) is 0 Å². The van der Waals surface area contributed by atoms with Gasteiger partial charge in [-0.25, -0.2) is 0 Å². The molecule has 0 unspecified atom stereocenters. The van der Waals surface area contributed by atoms with E-state index in [1.165, 1.54) is 0 Å². The monoisotopic (exact) mass is 242 g/mol. The number of hydrogen-bond donors (Lipinski definition) is 1. The van der Waals surface area contributed by atoms with Gasteiger partial charge in [-0.15, -0.1) is 0 Å². The van der Waals surface area contributed by atoms with Crippen molar-refractivity contribution in [3.8, 4) is 0 Å². The number of rotatable bonds is 7. The Bertz CT molecular complexity index is 262. The first kappa shape index (κ1) is 15.9. The summed E-state index contributed by atoms with van der Waals surface area (Å²) < 4.78 is 0. The van der Waals surface area contributed by atoms with Crippen molar-refractivity contribution in [2.75, 3.05) is 6.54 Å². The third-order valence-electron chi connectivity index (χ3n) is 2.86. The zero-order valence-corrected chi connectivity index (χ0v) is 11.7. The molecule has 0 radical (unpaired) electrons. The number of nitrogens with zero attached hydrogens (tertiary/aromatic N) is 1. The van der Waals surface area contributed by atoms with Crippen LogP contribution in [0, 0.1) is 11.8 Å². The Morgan fingerprint density at radius 1 is 1.18 bits per heavy atom. The number of hydrogen-bond acceptors (Lipinski definition) is 2. The molecule has 0 aliphatic carbocycles. The lowest BCUT2D eigenvalue weighted by molar-refractivity contribution is -0.140. The SMILES string of the molecule is CCN(C(=O)CCC(C)C)[C@H](C(N)=O)C(C)C. The molecule has 0 aromatic rings. The first-order chi connectivity index (χ1) is 7.81. The molecule has 17 heavy (non-hydrogen) atoms. The predicted octanol–water partition coefficient (Wildman–Crippen LogP) is 1.78. The molecular formula is C13H26N2O2. The minimum atomic E-state index is -0.486. The fourth-order valence-corrected chi connectivity index (χ4v) is 1.93. The molecule has 0 aliphatic rings. The summed E-state index contributed by atoms with van der Waals surface area (Å²) >= 11 is 0. The van der Waals surface area contributed by atoms with Gasteiger partial charge in [-0.2, -0.15) is 0 Å². The summed E-state index contributed by atoms with van der Waals surface area (Å²) in [5.41, 5.74) is 5.38. The Morgan fingerprint density at radius 3 is 2.00 bits per heavy atom. The zero-order valence-electron chi connectivity index (χ0n) is 11.7. The predicted molar refractivity (Wildman–Crippen MR) is 69.3 cm³/mol. The number of primary amides is 1. The van der Waals surface area contributed by atoms with Crippen LogP contribution in [0.1, 0.15) is 47.5 Å². The average molecular weight is 242 g/mol. The minimum Gasteiger partial charge on any atom is -0.368 e. The summed E-state index contributed by atoms with van der Waals surface area (Å²) in [5.74, 6) is 0.151. The summed E-state index contributed by atoms with van der Waals surface area (Å²) in [6, 6.07) is -0.486. The van der Waals surface area contributed by atoms with Crippen LogP contribution >= 0.6 is 0 Å². The third kappa shape index (κ3) is 5.20. The Kier molecular flexibility index (Phi) is 6.85. The van der Waals surface area contributed by atoms with Crippen molar-refractivity contribution >= 4 is 11.8 Å². The summed E-state index contributed by atoms with van der Waals surface area (Å²) in [4.78, 5) is 25.1. The van der Waals surface area contributed by atoms with Crippen LogP contribution in [0.25, 0.3) is 0 Å². The number of carbonyl (C=O) groups is 2. The van der Waals surface area contributed by atoms with Gasteiger partial charge in [-0.3, -0.25) is 9.59 Å². The fraction of sp³-hybridized carbons (Fsp3) is 0.846. The van der Waals surface area contributed by atoms with Crippen LogP contribution in [-0.2, 0) is 9.59 Å². The molecule has 0 fully saturated rings. The molecule has 0 bridgehead atoms. The molecule has 0 aromatic carbocycles.